The van der Waals surface area contributed by atoms with Crippen LogP contribution >= 0.6 is 0 Å². The molecule has 1 aliphatic rings. The van der Waals surface area contributed by atoms with E-state index in [1.54, 1.807) is 0 Å². The number of hydrogen-bond acceptors (Lipinski definition) is 2. The number of hydrogen-bond donors (Lipinski definition) is 2. The fourth-order valence-corrected chi connectivity index (χ4v) is 1.68. The molecule has 1 aliphatic carbocycles. The maximum Gasteiger partial charge on any atom is 0.0792 e. The lowest BCUT2D eigenvalue weighted by atomic mass is 10.0. The van der Waals surface area contributed by atoms with E-state index in [0.29, 0.717) is 6.54 Å². The zero-order valence-electron chi connectivity index (χ0n) is 8.32. The van der Waals surface area contributed by atoms with Gasteiger partial charge in [0, 0.05) is 6.54 Å². The smallest absolute Gasteiger partial charge is 0.0792 e. The Balaban J connectivity index is 1.99. The number of benzene rings is 1. The van der Waals surface area contributed by atoms with Crippen LogP contribution in [0.3, 0.4) is 0 Å². The lowest BCUT2D eigenvalue weighted by Crippen LogP contribution is -2.00. The van der Waals surface area contributed by atoms with Crippen LogP contribution < -0.4 is 5.73 Å². The van der Waals surface area contributed by atoms with Crippen LogP contribution in [0, 0.1) is 5.92 Å². The fraction of sp³-hybridized carbons (Fsp3) is 0.500. The average molecular weight is 191 g/mol. The monoisotopic (exact) mass is 191 g/mol. The normalized spacial score (nSPS) is 18.1. The van der Waals surface area contributed by atoms with Crippen molar-refractivity contribution in [3.8, 4) is 0 Å². The third-order valence-electron chi connectivity index (χ3n) is 2.85. The second-order valence-corrected chi connectivity index (χ2v) is 4.14. The zero-order valence-corrected chi connectivity index (χ0v) is 8.32. The summed E-state index contributed by atoms with van der Waals surface area (Å²) in [6.07, 6.45) is 3.21. The van der Waals surface area contributed by atoms with E-state index in [4.69, 9.17) is 5.73 Å². The molecule has 0 aromatic heterocycles. The Morgan fingerprint density at radius 2 is 1.93 bits per heavy atom. The second-order valence-electron chi connectivity index (χ2n) is 4.14. The first-order valence-corrected chi connectivity index (χ1v) is 5.26. The summed E-state index contributed by atoms with van der Waals surface area (Å²) >= 11 is 0. The minimum atomic E-state index is -0.283. The predicted molar refractivity (Wildman–Crippen MR) is 56.6 cm³/mol. The first kappa shape index (κ1) is 9.69. The maximum atomic E-state index is 9.86. The second kappa shape index (κ2) is 4.11. The van der Waals surface area contributed by atoms with Crippen LogP contribution in [0.25, 0.3) is 0 Å². The number of aliphatic hydroxyl groups is 1. The molecule has 0 saturated heterocycles. The van der Waals surface area contributed by atoms with Gasteiger partial charge in [0.1, 0.15) is 0 Å². The van der Waals surface area contributed by atoms with E-state index >= 15 is 0 Å². The van der Waals surface area contributed by atoms with E-state index in [-0.39, 0.29) is 6.10 Å². The fourth-order valence-electron chi connectivity index (χ4n) is 1.68. The van der Waals surface area contributed by atoms with Crippen molar-refractivity contribution in [2.45, 2.75) is 31.9 Å². The van der Waals surface area contributed by atoms with Crippen LogP contribution in [0.2, 0.25) is 0 Å². The summed E-state index contributed by atoms with van der Waals surface area (Å²) in [5, 5.41) is 9.86. The first-order chi connectivity index (χ1) is 6.79. The highest BCUT2D eigenvalue weighted by molar-refractivity contribution is 5.24. The third-order valence-corrected chi connectivity index (χ3v) is 2.85. The van der Waals surface area contributed by atoms with Gasteiger partial charge in [-0.3, -0.25) is 0 Å². The van der Waals surface area contributed by atoms with E-state index in [9.17, 15) is 5.11 Å². The van der Waals surface area contributed by atoms with Crippen molar-refractivity contribution in [3.05, 3.63) is 35.4 Å². The maximum absolute atomic E-state index is 9.86. The molecule has 0 spiro atoms. The van der Waals surface area contributed by atoms with Gasteiger partial charge in [0.2, 0.25) is 0 Å². The van der Waals surface area contributed by atoms with Crippen molar-refractivity contribution < 1.29 is 5.11 Å². The molecule has 0 bridgehead atoms. The van der Waals surface area contributed by atoms with Gasteiger partial charge >= 0.3 is 0 Å². The third kappa shape index (κ3) is 2.34. The molecule has 76 valence electrons. The molecule has 2 nitrogen and oxygen atoms in total. The molecule has 0 heterocycles. The van der Waals surface area contributed by atoms with Gasteiger partial charge in [-0.05, 0) is 23.5 Å². The molecule has 1 fully saturated rings. The van der Waals surface area contributed by atoms with Crippen LogP contribution in [0.5, 0.6) is 0 Å². The Bertz CT molecular complexity index is 290. The Morgan fingerprint density at radius 1 is 1.29 bits per heavy atom. The van der Waals surface area contributed by atoms with Gasteiger partial charge in [0.15, 0.2) is 0 Å². The summed E-state index contributed by atoms with van der Waals surface area (Å²) in [5.41, 5.74) is 7.64. The molecule has 3 N–H and O–H groups in total. The van der Waals surface area contributed by atoms with Crippen LogP contribution in [0.15, 0.2) is 24.3 Å². The van der Waals surface area contributed by atoms with Gasteiger partial charge in [-0.2, -0.15) is 0 Å². The number of rotatable bonds is 4. The molecule has 1 unspecified atom stereocenters. The highest BCUT2D eigenvalue weighted by Crippen LogP contribution is 2.37. The van der Waals surface area contributed by atoms with Gasteiger partial charge in [-0.15, -0.1) is 0 Å². The molecular formula is C12H17NO. The Kier molecular flexibility index (Phi) is 2.85. The molecule has 0 amide bonds. The van der Waals surface area contributed by atoms with Crippen LogP contribution in [0.1, 0.15) is 36.5 Å². The average Bonchev–Trinajstić information content (AvgIpc) is 3.02. The van der Waals surface area contributed by atoms with Gasteiger partial charge in [0.05, 0.1) is 6.10 Å². The highest BCUT2D eigenvalue weighted by Gasteiger charge is 2.24. The topological polar surface area (TPSA) is 46.2 Å². The Morgan fingerprint density at radius 3 is 2.43 bits per heavy atom. The molecular weight excluding hydrogens is 174 g/mol. The summed E-state index contributed by atoms with van der Waals surface area (Å²) in [6, 6.07) is 7.95. The number of nitrogens with two attached hydrogens (primary N) is 1. The zero-order chi connectivity index (χ0) is 9.97. The summed E-state index contributed by atoms with van der Waals surface area (Å²) in [6.45, 7) is 0.568. The van der Waals surface area contributed by atoms with Gasteiger partial charge in [-0.1, -0.05) is 37.1 Å². The van der Waals surface area contributed by atoms with Crippen LogP contribution in [-0.4, -0.2) is 5.11 Å². The predicted octanol–water partition coefficient (Wildman–Crippen LogP) is 1.98. The van der Waals surface area contributed by atoms with Crippen LogP contribution in [0.4, 0.5) is 0 Å². The quantitative estimate of drug-likeness (QED) is 0.764. The minimum Gasteiger partial charge on any atom is -0.388 e. The molecule has 14 heavy (non-hydrogen) atoms. The summed E-state index contributed by atoms with van der Waals surface area (Å²) in [4.78, 5) is 0. The molecule has 2 rings (SSSR count). The molecule has 1 aromatic carbocycles. The van der Waals surface area contributed by atoms with Crippen molar-refractivity contribution in [2.24, 2.45) is 11.7 Å². The lowest BCUT2D eigenvalue weighted by Gasteiger charge is -2.10. The molecule has 0 radical (unpaired) electrons. The van der Waals surface area contributed by atoms with Crippen molar-refractivity contribution in [2.75, 3.05) is 0 Å². The van der Waals surface area contributed by atoms with E-state index in [1.807, 2.05) is 24.3 Å². The lowest BCUT2D eigenvalue weighted by molar-refractivity contribution is 0.160. The van der Waals surface area contributed by atoms with Crippen molar-refractivity contribution in [3.63, 3.8) is 0 Å². The molecule has 1 atom stereocenters. The van der Waals surface area contributed by atoms with Crippen molar-refractivity contribution >= 4 is 0 Å². The summed E-state index contributed by atoms with van der Waals surface area (Å²) < 4.78 is 0. The molecule has 1 aromatic rings. The van der Waals surface area contributed by atoms with Gasteiger partial charge in [-0.25, -0.2) is 0 Å². The summed E-state index contributed by atoms with van der Waals surface area (Å²) in [5.74, 6) is 0.763. The first-order valence-electron chi connectivity index (χ1n) is 5.26. The Hall–Kier alpha value is -0.860. The van der Waals surface area contributed by atoms with Crippen LogP contribution in [-0.2, 0) is 6.54 Å². The standard InChI is InChI=1S/C12H17NO/c13-8-10-3-5-11(6-4-10)12(14)7-9-1-2-9/h3-6,9,12,14H,1-2,7-8,13H2. The van der Waals surface area contributed by atoms with Gasteiger partial charge in [0.25, 0.3) is 0 Å². The van der Waals surface area contributed by atoms with Crippen molar-refractivity contribution in [1.82, 2.24) is 0 Å². The molecule has 1 saturated carbocycles. The molecule has 2 heteroatoms. The van der Waals surface area contributed by atoms with E-state index in [2.05, 4.69) is 0 Å². The van der Waals surface area contributed by atoms with E-state index < -0.39 is 0 Å². The van der Waals surface area contributed by atoms with E-state index in [0.717, 1.165) is 23.5 Å². The number of aliphatic hydroxyl groups excluding tert-OH is 1. The largest absolute Gasteiger partial charge is 0.388 e. The van der Waals surface area contributed by atoms with E-state index in [1.165, 1.54) is 12.8 Å². The Labute approximate surface area is 84.7 Å². The summed E-state index contributed by atoms with van der Waals surface area (Å²) in [7, 11) is 0. The van der Waals surface area contributed by atoms with Gasteiger partial charge < -0.3 is 10.8 Å². The highest BCUT2D eigenvalue weighted by atomic mass is 16.3. The molecule has 0 aliphatic heterocycles. The van der Waals surface area contributed by atoms with Crippen molar-refractivity contribution in [1.29, 1.82) is 0 Å². The minimum absolute atomic E-state index is 0.283. The SMILES string of the molecule is NCc1ccc(C(O)CC2CC2)cc1.